The molecule has 0 unspecified atom stereocenters. The Morgan fingerprint density at radius 3 is 2.67 bits per heavy atom. The van der Waals surface area contributed by atoms with Crippen LogP contribution in [-0.2, 0) is 11.3 Å². The zero-order valence-electron chi connectivity index (χ0n) is 6.66. The van der Waals surface area contributed by atoms with Crippen molar-refractivity contribution in [3.8, 4) is 6.07 Å². The lowest BCUT2D eigenvalue weighted by molar-refractivity contribution is 0.215. The van der Waals surface area contributed by atoms with E-state index in [2.05, 4.69) is 6.58 Å². The van der Waals surface area contributed by atoms with Crippen LogP contribution in [-0.4, -0.2) is 0 Å². The smallest absolute Gasteiger partial charge is 0.190 e. The molecule has 0 saturated carbocycles. The number of hydrogen-bond acceptors (Lipinski definition) is 2. The van der Waals surface area contributed by atoms with Gasteiger partial charge < -0.3 is 4.74 Å². The molecular formula is C10H9NO. The zero-order valence-corrected chi connectivity index (χ0v) is 6.66. The van der Waals surface area contributed by atoms with Gasteiger partial charge in [0, 0.05) is 0 Å². The van der Waals surface area contributed by atoms with Gasteiger partial charge in [-0.15, -0.1) is 0 Å². The molecule has 60 valence electrons. The summed E-state index contributed by atoms with van der Waals surface area (Å²) in [4.78, 5) is 0. The number of benzene rings is 1. The van der Waals surface area contributed by atoms with Crippen LogP contribution < -0.4 is 0 Å². The Kier molecular flexibility index (Phi) is 2.92. The SMILES string of the molecule is C=C(C#N)OCc1ccccc1. The average Bonchev–Trinajstić information content (AvgIpc) is 2.16. The molecule has 0 aliphatic carbocycles. The van der Waals surface area contributed by atoms with E-state index in [9.17, 15) is 0 Å². The zero-order chi connectivity index (χ0) is 8.81. The molecule has 1 aromatic carbocycles. The average molecular weight is 159 g/mol. The van der Waals surface area contributed by atoms with Crippen LogP contribution in [0.4, 0.5) is 0 Å². The molecule has 0 aliphatic rings. The van der Waals surface area contributed by atoms with Crippen LogP contribution in [0.5, 0.6) is 0 Å². The molecule has 0 radical (unpaired) electrons. The van der Waals surface area contributed by atoms with Gasteiger partial charge in [-0.3, -0.25) is 0 Å². The van der Waals surface area contributed by atoms with Gasteiger partial charge in [-0.05, 0) is 12.1 Å². The highest BCUT2D eigenvalue weighted by atomic mass is 16.5. The van der Waals surface area contributed by atoms with E-state index in [-0.39, 0.29) is 5.76 Å². The van der Waals surface area contributed by atoms with Crippen LogP contribution in [0.25, 0.3) is 0 Å². The second kappa shape index (κ2) is 4.20. The topological polar surface area (TPSA) is 33.0 Å². The van der Waals surface area contributed by atoms with Gasteiger partial charge in [0.1, 0.15) is 12.7 Å². The van der Waals surface area contributed by atoms with Crippen molar-refractivity contribution in [2.24, 2.45) is 0 Å². The van der Waals surface area contributed by atoms with E-state index in [1.54, 1.807) is 0 Å². The van der Waals surface area contributed by atoms with E-state index >= 15 is 0 Å². The minimum absolute atomic E-state index is 0.152. The minimum Gasteiger partial charge on any atom is -0.479 e. The fourth-order valence-electron chi connectivity index (χ4n) is 0.777. The van der Waals surface area contributed by atoms with Gasteiger partial charge in [0.15, 0.2) is 5.76 Å². The predicted octanol–water partition coefficient (Wildman–Crippen LogP) is 2.24. The summed E-state index contributed by atoms with van der Waals surface area (Å²) in [5.74, 6) is 0.152. The molecule has 0 aliphatic heterocycles. The van der Waals surface area contributed by atoms with Crippen molar-refractivity contribution in [3.63, 3.8) is 0 Å². The first-order valence-electron chi connectivity index (χ1n) is 3.58. The van der Waals surface area contributed by atoms with Crippen LogP contribution in [0.1, 0.15) is 5.56 Å². The maximum absolute atomic E-state index is 8.34. The van der Waals surface area contributed by atoms with Crippen LogP contribution in [0.15, 0.2) is 42.7 Å². The summed E-state index contributed by atoms with van der Waals surface area (Å²) in [6.45, 7) is 3.81. The predicted molar refractivity (Wildman–Crippen MR) is 46.0 cm³/mol. The van der Waals surface area contributed by atoms with Crippen molar-refractivity contribution < 1.29 is 4.74 Å². The highest BCUT2D eigenvalue weighted by Gasteiger charge is 1.92. The molecule has 0 N–H and O–H groups in total. The lowest BCUT2D eigenvalue weighted by Gasteiger charge is -2.01. The minimum atomic E-state index is 0.152. The van der Waals surface area contributed by atoms with Crippen molar-refractivity contribution in [2.45, 2.75) is 6.61 Å². The standard InChI is InChI=1S/C10H9NO/c1-9(7-11)12-8-10-5-3-2-4-6-10/h2-6H,1,8H2. The van der Waals surface area contributed by atoms with Gasteiger partial charge in [-0.2, -0.15) is 5.26 Å². The van der Waals surface area contributed by atoms with E-state index < -0.39 is 0 Å². The van der Waals surface area contributed by atoms with Gasteiger partial charge in [0.2, 0.25) is 0 Å². The molecular weight excluding hydrogens is 150 g/mol. The molecule has 2 nitrogen and oxygen atoms in total. The van der Waals surface area contributed by atoms with Crippen LogP contribution in [0, 0.1) is 11.3 Å². The van der Waals surface area contributed by atoms with Gasteiger partial charge in [0.05, 0.1) is 0 Å². The number of ether oxygens (including phenoxy) is 1. The third-order valence-electron chi connectivity index (χ3n) is 1.38. The first kappa shape index (κ1) is 8.35. The van der Waals surface area contributed by atoms with Crippen molar-refractivity contribution in [3.05, 3.63) is 48.2 Å². The van der Waals surface area contributed by atoms with Gasteiger partial charge in [0.25, 0.3) is 0 Å². The maximum atomic E-state index is 8.34. The molecule has 0 saturated heterocycles. The van der Waals surface area contributed by atoms with Gasteiger partial charge in [-0.25, -0.2) is 0 Å². The second-order valence-electron chi connectivity index (χ2n) is 2.31. The molecule has 1 rings (SSSR count). The van der Waals surface area contributed by atoms with E-state index in [4.69, 9.17) is 10.00 Å². The normalized spacial score (nSPS) is 8.58. The quantitative estimate of drug-likeness (QED) is 0.500. The highest BCUT2D eigenvalue weighted by molar-refractivity contribution is 5.15. The molecule has 0 atom stereocenters. The summed E-state index contributed by atoms with van der Waals surface area (Å²) in [5.41, 5.74) is 1.04. The highest BCUT2D eigenvalue weighted by Crippen LogP contribution is 2.03. The Bertz CT molecular complexity index is 297. The van der Waals surface area contributed by atoms with E-state index in [0.717, 1.165) is 5.56 Å². The Labute approximate surface area is 71.7 Å². The van der Waals surface area contributed by atoms with Crippen molar-refractivity contribution in [2.75, 3.05) is 0 Å². The Morgan fingerprint density at radius 2 is 2.08 bits per heavy atom. The van der Waals surface area contributed by atoms with E-state index in [0.29, 0.717) is 6.61 Å². The number of hydrogen-bond donors (Lipinski definition) is 0. The molecule has 0 aromatic heterocycles. The fourth-order valence-corrected chi connectivity index (χ4v) is 0.777. The fraction of sp³-hybridized carbons (Fsp3) is 0.100. The Balaban J connectivity index is 2.45. The molecule has 12 heavy (non-hydrogen) atoms. The summed E-state index contributed by atoms with van der Waals surface area (Å²) in [6.07, 6.45) is 0. The molecule has 0 amide bonds. The van der Waals surface area contributed by atoms with Gasteiger partial charge >= 0.3 is 0 Å². The molecule has 1 aromatic rings. The Hall–Kier alpha value is -1.75. The molecule has 0 bridgehead atoms. The van der Waals surface area contributed by atoms with Crippen molar-refractivity contribution in [1.82, 2.24) is 0 Å². The summed E-state index contributed by atoms with van der Waals surface area (Å²) in [5, 5.41) is 8.34. The number of allylic oxidation sites excluding steroid dienone is 1. The van der Waals surface area contributed by atoms with Crippen molar-refractivity contribution >= 4 is 0 Å². The maximum Gasteiger partial charge on any atom is 0.190 e. The molecule has 2 heteroatoms. The summed E-state index contributed by atoms with van der Waals surface area (Å²) in [6, 6.07) is 11.5. The lowest BCUT2D eigenvalue weighted by atomic mass is 10.2. The second-order valence-corrected chi connectivity index (χ2v) is 2.31. The third-order valence-corrected chi connectivity index (χ3v) is 1.38. The Morgan fingerprint density at radius 1 is 1.42 bits per heavy atom. The van der Waals surface area contributed by atoms with E-state index in [1.165, 1.54) is 0 Å². The van der Waals surface area contributed by atoms with Crippen molar-refractivity contribution in [1.29, 1.82) is 5.26 Å². The first-order chi connectivity index (χ1) is 5.83. The monoisotopic (exact) mass is 159 g/mol. The first-order valence-corrected chi connectivity index (χ1v) is 3.58. The summed E-state index contributed by atoms with van der Waals surface area (Å²) in [7, 11) is 0. The molecule has 0 fully saturated rings. The molecule has 0 heterocycles. The molecule has 0 spiro atoms. The largest absolute Gasteiger partial charge is 0.479 e. The number of nitriles is 1. The van der Waals surface area contributed by atoms with Gasteiger partial charge in [-0.1, -0.05) is 30.3 Å². The number of nitrogens with zero attached hydrogens (tertiary/aromatic N) is 1. The summed E-state index contributed by atoms with van der Waals surface area (Å²) >= 11 is 0. The summed E-state index contributed by atoms with van der Waals surface area (Å²) < 4.78 is 5.02. The number of rotatable bonds is 3. The van der Waals surface area contributed by atoms with Crippen LogP contribution in [0.2, 0.25) is 0 Å². The lowest BCUT2D eigenvalue weighted by Crippen LogP contribution is -1.89. The van der Waals surface area contributed by atoms with Crippen LogP contribution in [0.3, 0.4) is 0 Å². The van der Waals surface area contributed by atoms with E-state index in [1.807, 2.05) is 36.4 Å². The van der Waals surface area contributed by atoms with Crippen LogP contribution >= 0.6 is 0 Å². The third kappa shape index (κ3) is 2.47.